The number of carbonyl (C=O) groups is 1. The standard InChI is InChI=1S/C25H27NO2S/c1-25(2,3)20-13-15-21(16-14-20)28-17-18-9-11-19(12-10-18)24(27)26-22-7-5-6-8-23(22)29-4/h5-16H,17H2,1-4H3,(H,26,27). The molecule has 0 bridgehead atoms. The van der Waals surface area contributed by atoms with Crippen molar-refractivity contribution in [1.29, 1.82) is 0 Å². The lowest BCUT2D eigenvalue weighted by Gasteiger charge is -2.19. The molecule has 0 saturated carbocycles. The van der Waals surface area contributed by atoms with Crippen molar-refractivity contribution in [2.45, 2.75) is 37.7 Å². The maximum Gasteiger partial charge on any atom is 0.255 e. The molecule has 0 heterocycles. The second-order valence-electron chi connectivity index (χ2n) is 7.91. The fourth-order valence-electron chi connectivity index (χ4n) is 2.91. The molecule has 0 aliphatic rings. The predicted molar refractivity (Wildman–Crippen MR) is 122 cm³/mol. The van der Waals surface area contributed by atoms with Crippen LogP contribution in [0.4, 0.5) is 5.69 Å². The van der Waals surface area contributed by atoms with E-state index in [1.54, 1.807) is 11.8 Å². The van der Waals surface area contributed by atoms with Crippen molar-refractivity contribution in [1.82, 2.24) is 0 Å². The van der Waals surface area contributed by atoms with Crippen LogP contribution in [-0.4, -0.2) is 12.2 Å². The number of amides is 1. The van der Waals surface area contributed by atoms with E-state index >= 15 is 0 Å². The average Bonchev–Trinajstić information content (AvgIpc) is 2.72. The number of hydrogen-bond donors (Lipinski definition) is 1. The number of para-hydroxylation sites is 1. The minimum atomic E-state index is -0.114. The molecular formula is C25H27NO2S. The lowest BCUT2D eigenvalue weighted by atomic mass is 9.87. The summed E-state index contributed by atoms with van der Waals surface area (Å²) in [4.78, 5) is 13.6. The Morgan fingerprint density at radius 1 is 0.931 bits per heavy atom. The third-order valence-electron chi connectivity index (χ3n) is 4.70. The molecule has 0 unspecified atom stereocenters. The van der Waals surface area contributed by atoms with Gasteiger partial charge in [0.05, 0.1) is 5.69 Å². The van der Waals surface area contributed by atoms with E-state index in [2.05, 4.69) is 38.2 Å². The number of benzene rings is 3. The van der Waals surface area contributed by atoms with Crippen LogP contribution in [0.25, 0.3) is 0 Å². The van der Waals surface area contributed by atoms with E-state index in [0.717, 1.165) is 21.9 Å². The van der Waals surface area contributed by atoms with Gasteiger partial charge in [-0.2, -0.15) is 0 Å². The Kier molecular flexibility index (Phi) is 6.65. The molecule has 150 valence electrons. The summed E-state index contributed by atoms with van der Waals surface area (Å²) < 4.78 is 5.88. The number of nitrogens with one attached hydrogen (secondary N) is 1. The minimum Gasteiger partial charge on any atom is -0.489 e. The lowest BCUT2D eigenvalue weighted by Crippen LogP contribution is -2.12. The highest BCUT2D eigenvalue weighted by Crippen LogP contribution is 2.26. The molecule has 0 aliphatic carbocycles. The summed E-state index contributed by atoms with van der Waals surface area (Å²) >= 11 is 1.61. The summed E-state index contributed by atoms with van der Waals surface area (Å²) in [7, 11) is 0. The van der Waals surface area contributed by atoms with Crippen molar-refractivity contribution in [3.63, 3.8) is 0 Å². The fraction of sp³-hybridized carbons (Fsp3) is 0.240. The molecule has 0 aromatic heterocycles. The van der Waals surface area contributed by atoms with Gasteiger partial charge in [-0.25, -0.2) is 0 Å². The molecule has 0 aliphatic heterocycles. The van der Waals surface area contributed by atoms with E-state index in [9.17, 15) is 4.79 Å². The van der Waals surface area contributed by atoms with Gasteiger partial charge in [0.15, 0.2) is 0 Å². The molecule has 0 radical (unpaired) electrons. The normalized spacial score (nSPS) is 11.2. The molecule has 0 fully saturated rings. The van der Waals surface area contributed by atoms with Crippen LogP contribution in [0, 0.1) is 0 Å². The van der Waals surface area contributed by atoms with Crippen LogP contribution in [0.3, 0.4) is 0 Å². The highest BCUT2D eigenvalue weighted by molar-refractivity contribution is 7.98. The molecule has 3 aromatic carbocycles. The summed E-state index contributed by atoms with van der Waals surface area (Å²) in [6.45, 7) is 7.05. The first-order valence-corrected chi connectivity index (χ1v) is 10.9. The fourth-order valence-corrected chi connectivity index (χ4v) is 3.47. The van der Waals surface area contributed by atoms with Crippen molar-refractivity contribution < 1.29 is 9.53 Å². The summed E-state index contributed by atoms with van der Waals surface area (Å²) in [6, 6.07) is 23.5. The van der Waals surface area contributed by atoms with Crippen LogP contribution in [0.2, 0.25) is 0 Å². The van der Waals surface area contributed by atoms with Crippen LogP contribution < -0.4 is 10.1 Å². The van der Waals surface area contributed by atoms with Crippen molar-refractivity contribution in [3.05, 3.63) is 89.5 Å². The Hall–Kier alpha value is -2.72. The van der Waals surface area contributed by atoms with Gasteiger partial charge >= 0.3 is 0 Å². The van der Waals surface area contributed by atoms with Gasteiger partial charge in [0, 0.05) is 10.5 Å². The molecule has 3 aromatic rings. The zero-order valence-electron chi connectivity index (χ0n) is 17.4. The highest BCUT2D eigenvalue weighted by atomic mass is 32.2. The van der Waals surface area contributed by atoms with Crippen LogP contribution >= 0.6 is 11.8 Å². The highest BCUT2D eigenvalue weighted by Gasteiger charge is 2.13. The third-order valence-corrected chi connectivity index (χ3v) is 5.49. The van der Waals surface area contributed by atoms with Crippen molar-refractivity contribution in [2.24, 2.45) is 0 Å². The van der Waals surface area contributed by atoms with Gasteiger partial charge in [-0.05, 0) is 59.2 Å². The summed E-state index contributed by atoms with van der Waals surface area (Å²) in [5.74, 6) is 0.727. The van der Waals surface area contributed by atoms with Gasteiger partial charge in [0.2, 0.25) is 0 Å². The zero-order chi connectivity index (χ0) is 20.9. The van der Waals surface area contributed by atoms with E-state index < -0.39 is 0 Å². The lowest BCUT2D eigenvalue weighted by molar-refractivity contribution is 0.102. The van der Waals surface area contributed by atoms with E-state index in [0.29, 0.717) is 12.2 Å². The number of hydrogen-bond acceptors (Lipinski definition) is 3. The first kappa shape index (κ1) is 21.0. The van der Waals surface area contributed by atoms with E-state index in [1.165, 1.54) is 5.56 Å². The average molecular weight is 406 g/mol. The first-order chi connectivity index (χ1) is 13.9. The van der Waals surface area contributed by atoms with Gasteiger partial charge < -0.3 is 10.1 Å². The van der Waals surface area contributed by atoms with Crippen molar-refractivity contribution in [3.8, 4) is 5.75 Å². The number of carbonyl (C=O) groups excluding carboxylic acids is 1. The van der Waals surface area contributed by atoms with Crippen LogP contribution in [0.1, 0.15) is 42.3 Å². The smallest absolute Gasteiger partial charge is 0.255 e. The minimum absolute atomic E-state index is 0.114. The Morgan fingerprint density at radius 2 is 1.59 bits per heavy atom. The van der Waals surface area contributed by atoms with Gasteiger partial charge in [0.25, 0.3) is 5.91 Å². The molecule has 0 atom stereocenters. The van der Waals surface area contributed by atoms with Crippen molar-refractivity contribution >= 4 is 23.4 Å². The zero-order valence-corrected chi connectivity index (χ0v) is 18.2. The van der Waals surface area contributed by atoms with E-state index in [4.69, 9.17) is 4.74 Å². The van der Waals surface area contributed by atoms with Crippen LogP contribution in [-0.2, 0) is 12.0 Å². The quantitative estimate of drug-likeness (QED) is 0.473. The largest absolute Gasteiger partial charge is 0.489 e. The molecule has 4 heteroatoms. The molecule has 3 rings (SSSR count). The topological polar surface area (TPSA) is 38.3 Å². The Morgan fingerprint density at radius 3 is 2.21 bits per heavy atom. The number of rotatable bonds is 6. The molecule has 29 heavy (non-hydrogen) atoms. The Labute approximate surface area is 177 Å². The Bertz CT molecular complexity index is 957. The third kappa shape index (κ3) is 5.64. The van der Waals surface area contributed by atoms with Crippen LogP contribution in [0.5, 0.6) is 5.75 Å². The number of thioether (sulfide) groups is 1. The Balaban J connectivity index is 1.59. The summed E-state index contributed by atoms with van der Waals surface area (Å²) in [5, 5.41) is 2.98. The van der Waals surface area contributed by atoms with Crippen molar-refractivity contribution in [2.75, 3.05) is 11.6 Å². The number of ether oxygens (including phenoxy) is 1. The molecule has 0 spiro atoms. The van der Waals surface area contributed by atoms with E-state index in [1.807, 2.05) is 66.9 Å². The predicted octanol–water partition coefficient (Wildman–Crippen LogP) is 6.54. The van der Waals surface area contributed by atoms with Gasteiger partial charge in [0.1, 0.15) is 12.4 Å². The second kappa shape index (κ2) is 9.19. The van der Waals surface area contributed by atoms with Gasteiger partial charge in [-0.3, -0.25) is 4.79 Å². The molecule has 1 amide bonds. The molecule has 1 N–H and O–H groups in total. The molecular weight excluding hydrogens is 378 g/mol. The SMILES string of the molecule is CSc1ccccc1NC(=O)c1ccc(COc2ccc(C(C)(C)C)cc2)cc1. The van der Waals surface area contributed by atoms with Gasteiger partial charge in [-0.1, -0.05) is 57.2 Å². The first-order valence-electron chi connectivity index (χ1n) is 9.63. The maximum absolute atomic E-state index is 12.5. The van der Waals surface area contributed by atoms with E-state index in [-0.39, 0.29) is 11.3 Å². The number of anilines is 1. The summed E-state index contributed by atoms with van der Waals surface area (Å²) in [5.41, 5.74) is 3.88. The summed E-state index contributed by atoms with van der Waals surface area (Å²) in [6.07, 6.45) is 2.00. The second-order valence-corrected chi connectivity index (χ2v) is 8.76. The monoisotopic (exact) mass is 405 g/mol. The molecule has 0 saturated heterocycles. The maximum atomic E-state index is 12.5. The molecule has 3 nitrogen and oxygen atoms in total. The van der Waals surface area contributed by atoms with Crippen LogP contribution in [0.15, 0.2) is 77.7 Å². The van der Waals surface area contributed by atoms with Gasteiger partial charge in [-0.15, -0.1) is 11.8 Å².